The topological polar surface area (TPSA) is 125 Å². The van der Waals surface area contributed by atoms with Gasteiger partial charge in [-0.1, -0.05) is 22.9 Å². The van der Waals surface area contributed by atoms with E-state index < -0.39 is 28.8 Å². The normalized spacial score (nSPS) is 11.0. The van der Waals surface area contributed by atoms with Gasteiger partial charge in [-0.2, -0.15) is 14.8 Å². The van der Waals surface area contributed by atoms with Crippen LogP contribution in [-0.2, 0) is 17.8 Å². The average Bonchev–Trinajstić information content (AvgIpc) is 3.30. The second-order valence-corrected chi connectivity index (χ2v) is 7.61. The number of aromatic nitrogens is 5. The van der Waals surface area contributed by atoms with E-state index in [0.29, 0.717) is 5.69 Å². The fourth-order valence-corrected chi connectivity index (χ4v) is 3.27. The van der Waals surface area contributed by atoms with Gasteiger partial charge in [-0.15, -0.1) is 0 Å². The van der Waals surface area contributed by atoms with Gasteiger partial charge >= 0.3 is 5.69 Å². The van der Waals surface area contributed by atoms with Gasteiger partial charge in [0.25, 0.3) is 5.56 Å². The average molecular weight is 482 g/mol. The van der Waals surface area contributed by atoms with Gasteiger partial charge in [0.2, 0.25) is 17.6 Å². The number of carbonyl (C=O) groups is 1. The minimum Gasteiger partial charge on any atom is -0.339 e. The van der Waals surface area contributed by atoms with E-state index >= 15 is 0 Å². The number of amides is 1. The summed E-state index contributed by atoms with van der Waals surface area (Å²) in [6.07, 6.45) is -0.206. The summed E-state index contributed by atoms with van der Waals surface area (Å²) in [6.45, 7) is 3.64. The number of anilines is 1. The molecule has 0 bridgehead atoms. The molecule has 180 valence electrons. The van der Waals surface area contributed by atoms with E-state index in [-0.39, 0.29) is 42.5 Å². The van der Waals surface area contributed by atoms with Gasteiger partial charge in [0, 0.05) is 25.5 Å². The minimum absolute atomic E-state index is 0.0206. The summed E-state index contributed by atoms with van der Waals surface area (Å²) in [5.41, 5.74) is -0.355. The fraction of sp³-hybridized carbons (Fsp3) is 0.217. The molecule has 0 saturated carbocycles. The van der Waals surface area contributed by atoms with Crippen LogP contribution in [-0.4, -0.2) is 30.4 Å². The highest BCUT2D eigenvalue weighted by Crippen LogP contribution is 2.16. The molecule has 2 heterocycles. The molecule has 0 spiro atoms. The highest BCUT2D eigenvalue weighted by molar-refractivity contribution is 5.90. The molecule has 0 saturated heterocycles. The molecule has 4 aromatic rings. The second kappa shape index (κ2) is 9.79. The zero-order chi connectivity index (χ0) is 25.1. The molecule has 0 fully saturated rings. The summed E-state index contributed by atoms with van der Waals surface area (Å²) in [5.74, 6) is -2.20. The van der Waals surface area contributed by atoms with Crippen molar-refractivity contribution in [3.63, 3.8) is 0 Å². The highest BCUT2D eigenvalue weighted by atomic mass is 19.1. The number of nitrogens with one attached hydrogen (secondary N) is 1. The van der Waals surface area contributed by atoms with Crippen LogP contribution >= 0.6 is 0 Å². The number of rotatable bonds is 7. The SMILES string of the molecule is CCn1c(=O)c(-c2noc(CCC(=O)Nc3cc(F)ccc3F)n2)nn(-c2ccc(C)cc2)c1=O. The number of aryl methyl sites for hydroxylation is 2. The van der Waals surface area contributed by atoms with Crippen LogP contribution < -0.4 is 16.6 Å². The van der Waals surface area contributed by atoms with E-state index in [1.807, 2.05) is 6.92 Å². The Labute approximate surface area is 196 Å². The Kier molecular flexibility index (Phi) is 6.62. The first-order valence-electron chi connectivity index (χ1n) is 10.7. The molecule has 0 aliphatic heterocycles. The molecule has 2 aromatic carbocycles. The molecule has 0 aliphatic carbocycles. The van der Waals surface area contributed by atoms with Gasteiger partial charge in [0.05, 0.1) is 11.4 Å². The smallest absolute Gasteiger partial charge is 0.339 e. The Hall–Kier alpha value is -4.48. The lowest BCUT2D eigenvalue weighted by atomic mass is 10.2. The molecule has 0 atom stereocenters. The number of halogens is 2. The zero-order valence-corrected chi connectivity index (χ0v) is 18.8. The Morgan fingerprint density at radius 3 is 2.57 bits per heavy atom. The van der Waals surface area contributed by atoms with Crippen molar-refractivity contribution < 1.29 is 18.1 Å². The van der Waals surface area contributed by atoms with Gasteiger partial charge in [-0.25, -0.2) is 13.6 Å². The quantitative estimate of drug-likeness (QED) is 0.429. The van der Waals surface area contributed by atoms with Crippen LogP contribution in [0.4, 0.5) is 14.5 Å². The van der Waals surface area contributed by atoms with Crippen LogP contribution in [0.3, 0.4) is 0 Å². The van der Waals surface area contributed by atoms with E-state index in [9.17, 15) is 23.2 Å². The van der Waals surface area contributed by atoms with Crippen LogP contribution in [0.5, 0.6) is 0 Å². The highest BCUT2D eigenvalue weighted by Gasteiger charge is 2.20. The van der Waals surface area contributed by atoms with E-state index in [1.165, 1.54) is 0 Å². The van der Waals surface area contributed by atoms with Crippen molar-refractivity contribution in [3.8, 4) is 17.2 Å². The number of hydrogen-bond donors (Lipinski definition) is 1. The largest absolute Gasteiger partial charge is 0.352 e. The monoisotopic (exact) mass is 482 g/mol. The maximum Gasteiger partial charge on any atom is 0.352 e. The second-order valence-electron chi connectivity index (χ2n) is 7.61. The standard InChI is InChI=1S/C23H20F2N6O4/c1-3-30-22(33)20(28-31(23(30)34)15-7-4-13(2)5-8-15)21-27-19(35-29-21)11-10-18(32)26-17-12-14(24)6-9-16(17)25/h4-9,12H,3,10-11H2,1-2H3,(H,26,32). The number of carbonyl (C=O) groups excluding carboxylic acids is 1. The minimum atomic E-state index is -0.776. The van der Waals surface area contributed by atoms with E-state index in [4.69, 9.17) is 4.52 Å². The summed E-state index contributed by atoms with van der Waals surface area (Å²) >= 11 is 0. The van der Waals surface area contributed by atoms with E-state index in [2.05, 4.69) is 20.6 Å². The van der Waals surface area contributed by atoms with Crippen LogP contribution in [0.1, 0.15) is 24.8 Å². The molecule has 12 heteroatoms. The predicted molar refractivity (Wildman–Crippen MR) is 121 cm³/mol. The molecule has 1 N–H and O–H groups in total. The van der Waals surface area contributed by atoms with Gasteiger partial charge < -0.3 is 9.84 Å². The number of nitrogens with zero attached hydrogens (tertiary/aromatic N) is 5. The van der Waals surface area contributed by atoms with Crippen LogP contribution in [0.15, 0.2) is 56.6 Å². The number of benzene rings is 2. The lowest BCUT2D eigenvalue weighted by Gasteiger charge is -2.09. The molecule has 35 heavy (non-hydrogen) atoms. The molecule has 0 aliphatic rings. The summed E-state index contributed by atoms with van der Waals surface area (Å²) < 4.78 is 34.2. The van der Waals surface area contributed by atoms with Crippen LogP contribution in [0.25, 0.3) is 17.2 Å². The molecule has 1 amide bonds. The first-order valence-corrected chi connectivity index (χ1v) is 10.7. The molecule has 10 nitrogen and oxygen atoms in total. The third-order valence-electron chi connectivity index (χ3n) is 5.10. The van der Waals surface area contributed by atoms with E-state index in [0.717, 1.165) is 33.0 Å². The first-order chi connectivity index (χ1) is 16.8. The van der Waals surface area contributed by atoms with Gasteiger partial charge in [0.15, 0.2) is 5.69 Å². The summed E-state index contributed by atoms with van der Waals surface area (Å²) in [4.78, 5) is 41.9. The Morgan fingerprint density at radius 1 is 1.11 bits per heavy atom. The Bertz CT molecular complexity index is 1510. The summed E-state index contributed by atoms with van der Waals surface area (Å²) in [6, 6.07) is 9.70. The lowest BCUT2D eigenvalue weighted by molar-refractivity contribution is -0.116. The summed E-state index contributed by atoms with van der Waals surface area (Å²) in [5, 5.41) is 10.2. The molecular formula is C23H20F2N6O4. The Balaban J connectivity index is 1.57. The van der Waals surface area contributed by atoms with Crippen LogP contribution in [0.2, 0.25) is 0 Å². The van der Waals surface area contributed by atoms with Crippen molar-refractivity contribution in [2.24, 2.45) is 0 Å². The third kappa shape index (κ3) is 5.05. The van der Waals surface area contributed by atoms with Crippen molar-refractivity contribution in [1.29, 1.82) is 0 Å². The zero-order valence-electron chi connectivity index (χ0n) is 18.8. The van der Waals surface area contributed by atoms with Gasteiger partial charge in [-0.05, 0) is 38.1 Å². The first kappa shape index (κ1) is 23.7. The molecule has 2 aromatic heterocycles. The van der Waals surface area contributed by atoms with E-state index in [1.54, 1.807) is 31.2 Å². The van der Waals surface area contributed by atoms with Gasteiger partial charge in [0.1, 0.15) is 11.6 Å². The fourth-order valence-electron chi connectivity index (χ4n) is 3.27. The van der Waals surface area contributed by atoms with Crippen molar-refractivity contribution in [2.45, 2.75) is 33.2 Å². The van der Waals surface area contributed by atoms with Crippen molar-refractivity contribution in [2.75, 3.05) is 5.32 Å². The van der Waals surface area contributed by atoms with Crippen molar-refractivity contribution in [3.05, 3.63) is 86.4 Å². The number of hydrogen-bond acceptors (Lipinski definition) is 7. The third-order valence-corrected chi connectivity index (χ3v) is 5.10. The maximum atomic E-state index is 13.7. The Morgan fingerprint density at radius 2 is 1.86 bits per heavy atom. The van der Waals surface area contributed by atoms with Crippen molar-refractivity contribution in [1.82, 2.24) is 24.5 Å². The lowest BCUT2D eigenvalue weighted by Crippen LogP contribution is -2.41. The predicted octanol–water partition coefficient (Wildman–Crippen LogP) is 2.62. The van der Waals surface area contributed by atoms with Crippen LogP contribution in [0, 0.1) is 18.6 Å². The molecular weight excluding hydrogens is 462 g/mol. The molecule has 0 unspecified atom stereocenters. The summed E-state index contributed by atoms with van der Waals surface area (Å²) in [7, 11) is 0. The maximum absolute atomic E-state index is 13.7. The van der Waals surface area contributed by atoms with Crippen molar-refractivity contribution >= 4 is 11.6 Å². The molecule has 0 radical (unpaired) electrons. The van der Waals surface area contributed by atoms with Gasteiger partial charge in [-0.3, -0.25) is 14.2 Å². The molecule has 4 rings (SSSR count).